The highest BCUT2D eigenvalue weighted by atomic mass is 32.2. The molecule has 1 atom stereocenters. The zero-order valence-corrected chi connectivity index (χ0v) is 13.0. The molecule has 0 fully saturated rings. The molecule has 0 heterocycles. The lowest BCUT2D eigenvalue weighted by atomic mass is 10.1. The van der Waals surface area contributed by atoms with Gasteiger partial charge in [0.1, 0.15) is 5.75 Å². The maximum Gasteiger partial charge on any atom is 0.123 e. The van der Waals surface area contributed by atoms with Crippen molar-refractivity contribution in [3.05, 3.63) is 29.3 Å². The van der Waals surface area contributed by atoms with Crippen molar-refractivity contribution in [2.45, 2.75) is 25.9 Å². The van der Waals surface area contributed by atoms with E-state index in [1.165, 1.54) is 5.75 Å². The van der Waals surface area contributed by atoms with E-state index < -0.39 is 0 Å². The first-order chi connectivity index (χ1) is 9.12. The number of benzene rings is 1. The zero-order valence-electron chi connectivity index (χ0n) is 12.1. The van der Waals surface area contributed by atoms with Crippen LogP contribution >= 0.6 is 11.8 Å². The Balaban J connectivity index is 2.77. The van der Waals surface area contributed by atoms with Crippen LogP contribution in [0.4, 0.5) is 0 Å². The molecule has 104 valence electrons. The van der Waals surface area contributed by atoms with Gasteiger partial charge in [-0.25, -0.2) is 0 Å². The fourth-order valence-electron chi connectivity index (χ4n) is 1.91. The minimum atomic E-state index is 0.517. The lowest BCUT2D eigenvalue weighted by molar-refractivity contribution is 0.241. The SMILES string of the molecule is COc1ccc(C#N)cc1CN(C)C(C)CCSC. The Morgan fingerprint density at radius 1 is 1.47 bits per heavy atom. The quantitative estimate of drug-likeness (QED) is 0.767. The topological polar surface area (TPSA) is 36.3 Å². The summed E-state index contributed by atoms with van der Waals surface area (Å²) in [5, 5.41) is 8.98. The largest absolute Gasteiger partial charge is 0.496 e. The first-order valence-electron chi connectivity index (χ1n) is 6.38. The summed E-state index contributed by atoms with van der Waals surface area (Å²) < 4.78 is 5.37. The molecule has 1 aromatic rings. The molecule has 0 aliphatic carbocycles. The first kappa shape index (κ1) is 15.9. The van der Waals surface area contributed by atoms with Crippen molar-refractivity contribution in [1.82, 2.24) is 4.90 Å². The summed E-state index contributed by atoms with van der Waals surface area (Å²) in [7, 11) is 3.78. The third-order valence-electron chi connectivity index (χ3n) is 3.32. The predicted octanol–water partition coefficient (Wildman–Crippen LogP) is 3.14. The molecule has 0 aliphatic rings. The number of methoxy groups -OCH3 is 1. The van der Waals surface area contributed by atoms with E-state index in [1.54, 1.807) is 13.2 Å². The molecule has 3 nitrogen and oxygen atoms in total. The van der Waals surface area contributed by atoms with Crippen LogP contribution in [0.1, 0.15) is 24.5 Å². The van der Waals surface area contributed by atoms with E-state index >= 15 is 0 Å². The third kappa shape index (κ3) is 4.77. The molecule has 0 amide bonds. The molecule has 4 heteroatoms. The highest BCUT2D eigenvalue weighted by Gasteiger charge is 2.12. The number of rotatable bonds is 7. The van der Waals surface area contributed by atoms with E-state index in [0.717, 1.165) is 24.3 Å². The molecule has 1 rings (SSSR count). The summed E-state index contributed by atoms with van der Waals surface area (Å²) >= 11 is 1.87. The van der Waals surface area contributed by atoms with Gasteiger partial charge in [-0.1, -0.05) is 0 Å². The molecular formula is C15H22N2OS. The van der Waals surface area contributed by atoms with E-state index in [4.69, 9.17) is 10.00 Å². The highest BCUT2D eigenvalue weighted by Crippen LogP contribution is 2.22. The average Bonchev–Trinajstić information content (AvgIpc) is 2.44. The maximum atomic E-state index is 8.98. The summed E-state index contributed by atoms with van der Waals surface area (Å²) in [5.74, 6) is 2.02. The van der Waals surface area contributed by atoms with E-state index in [2.05, 4.69) is 31.2 Å². The Kier molecular flexibility index (Phi) is 6.75. The van der Waals surface area contributed by atoms with Crippen LogP contribution in [0.25, 0.3) is 0 Å². The van der Waals surface area contributed by atoms with Gasteiger partial charge in [0.15, 0.2) is 0 Å². The van der Waals surface area contributed by atoms with Crippen molar-refractivity contribution in [3.8, 4) is 11.8 Å². The normalized spacial score (nSPS) is 12.2. The van der Waals surface area contributed by atoms with Crippen LogP contribution in [0.3, 0.4) is 0 Å². The van der Waals surface area contributed by atoms with Crippen molar-refractivity contribution in [2.75, 3.05) is 26.2 Å². The van der Waals surface area contributed by atoms with Crippen molar-refractivity contribution in [1.29, 1.82) is 5.26 Å². The fraction of sp³-hybridized carbons (Fsp3) is 0.533. The second-order valence-electron chi connectivity index (χ2n) is 4.68. The van der Waals surface area contributed by atoms with Gasteiger partial charge in [-0.2, -0.15) is 17.0 Å². The van der Waals surface area contributed by atoms with Crippen LogP contribution in [0.15, 0.2) is 18.2 Å². The Labute approximate surface area is 120 Å². The number of thioether (sulfide) groups is 1. The average molecular weight is 278 g/mol. The number of nitrogens with zero attached hydrogens (tertiary/aromatic N) is 2. The van der Waals surface area contributed by atoms with Gasteiger partial charge in [0.2, 0.25) is 0 Å². The predicted molar refractivity (Wildman–Crippen MR) is 81.6 cm³/mol. The maximum absolute atomic E-state index is 8.98. The lowest BCUT2D eigenvalue weighted by Gasteiger charge is -2.25. The van der Waals surface area contributed by atoms with E-state index in [9.17, 15) is 0 Å². The minimum absolute atomic E-state index is 0.517. The third-order valence-corrected chi connectivity index (χ3v) is 3.97. The summed E-state index contributed by atoms with van der Waals surface area (Å²) in [4.78, 5) is 2.30. The van der Waals surface area contributed by atoms with Gasteiger partial charge in [0, 0.05) is 18.2 Å². The number of nitriles is 1. The molecule has 0 bridgehead atoms. The first-order valence-corrected chi connectivity index (χ1v) is 7.78. The van der Waals surface area contributed by atoms with Crippen molar-refractivity contribution >= 4 is 11.8 Å². The Morgan fingerprint density at radius 2 is 2.21 bits per heavy atom. The van der Waals surface area contributed by atoms with Crippen LogP contribution in [0, 0.1) is 11.3 Å². The summed E-state index contributed by atoms with van der Waals surface area (Å²) in [6, 6.07) is 8.27. The molecule has 1 aromatic carbocycles. The van der Waals surface area contributed by atoms with E-state index in [1.807, 2.05) is 23.9 Å². The van der Waals surface area contributed by atoms with Crippen LogP contribution < -0.4 is 4.74 Å². The van der Waals surface area contributed by atoms with E-state index in [-0.39, 0.29) is 0 Å². The second-order valence-corrected chi connectivity index (χ2v) is 5.67. The van der Waals surface area contributed by atoms with Crippen molar-refractivity contribution < 1.29 is 4.74 Å². The fourth-order valence-corrected chi connectivity index (χ4v) is 2.48. The van der Waals surface area contributed by atoms with Gasteiger partial charge in [0.05, 0.1) is 18.7 Å². The molecule has 0 aromatic heterocycles. The zero-order chi connectivity index (χ0) is 14.3. The molecule has 0 N–H and O–H groups in total. The van der Waals surface area contributed by atoms with Crippen LogP contribution in [0.5, 0.6) is 5.75 Å². The van der Waals surface area contributed by atoms with Gasteiger partial charge in [-0.05, 0) is 50.6 Å². The highest BCUT2D eigenvalue weighted by molar-refractivity contribution is 7.98. The molecular weight excluding hydrogens is 256 g/mol. The van der Waals surface area contributed by atoms with E-state index in [0.29, 0.717) is 11.6 Å². The summed E-state index contributed by atoms with van der Waals surface area (Å²) in [6.45, 7) is 3.03. The molecule has 0 aliphatic heterocycles. The van der Waals surface area contributed by atoms with Crippen molar-refractivity contribution in [3.63, 3.8) is 0 Å². The summed E-state index contributed by atoms with van der Waals surface area (Å²) in [6.07, 6.45) is 3.30. The summed E-state index contributed by atoms with van der Waals surface area (Å²) in [5.41, 5.74) is 1.75. The smallest absolute Gasteiger partial charge is 0.123 e. The Bertz CT molecular complexity index is 442. The standard InChI is InChI=1S/C15H22N2OS/c1-12(7-8-19-4)17(2)11-14-9-13(10-16)5-6-15(14)18-3/h5-6,9,12H,7-8,11H2,1-4H3. The minimum Gasteiger partial charge on any atom is -0.496 e. The van der Waals surface area contributed by atoms with Gasteiger partial charge in [-0.15, -0.1) is 0 Å². The van der Waals surface area contributed by atoms with Crippen LogP contribution in [-0.4, -0.2) is 37.1 Å². The van der Waals surface area contributed by atoms with Crippen molar-refractivity contribution in [2.24, 2.45) is 0 Å². The monoisotopic (exact) mass is 278 g/mol. The lowest BCUT2D eigenvalue weighted by Crippen LogP contribution is -2.29. The number of hydrogen-bond donors (Lipinski definition) is 0. The van der Waals surface area contributed by atoms with Gasteiger partial charge < -0.3 is 4.74 Å². The number of ether oxygens (including phenoxy) is 1. The van der Waals surface area contributed by atoms with Crippen LogP contribution in [-0.2, 0) is 6.54 Å². The Hall–Kier alpha value is -1.18. The second kappa shape index (κ2) is 8.08. The van der Waals surface area contributed by atoms with Gasteiger partial charge in [0.25, 0.3) is 0 Å². The molecule has 1 unspecified atom stereocenters. The molecule has 0 spiro atoms. The Morgan fingerprint density at radius 3 is 2.79 bits per heavy atom. The van der Waals surface area contributed by atoms with Gasteiger partial charge >= 0.3 is 0 Å². The van der Waals surface area contributed by atoms with Gasteiger partial charge in [-0.3, -0.25) is 4.90 Å². The molecule has 0 saturated heterocycles. The van der Waals surface area contributed by atoms with Crippen LogP contribution in [0.2, 0.25) is 0 Å². The molecule has 0 saturated carbocycles. The molecule has 0 radical (unpaired) electrons. The number of hydrogen-bond acceptors (Lipinski definition) is 4. The molecule has 19 heavy (non-hydrogen) atoms.